The van der Waals surface area contributed by atoms with E-state index >= 15 is 0 Å². The molecule has 0 heterocycles. The van der Waals surface area contributed by atoms with Crippen molar-refractivity contribution < 1.29 is 0 Å². The van der Waals surface area contributed by atoms with Crippen LogP contribution in [0.4, 0.5) is 0 Å². The maximum Gasteiger partial charge on any atom is 0.0294 e. The van der Waals surface area contributed by atoms with Gasteiger partial charge in [-0.2, -0.15) is 0 Å². The van der Waals surface area contributed by atoms with Crippen molar-refractivity contribution in [3.63, 3.8) is 0 Å². The fourth-order valence-corrected chi connectivity index (χ4v) is 2.66. The van der Waals surface area contributed by atoms with Crippen molar-refractivity contribution in [3.05, 3.63) is 35.4 Å². The van der Waals surface area contributed by atoms with Gasteiger partial charge in [-0.1, -0.05) is 36.8 Å². The third-order valence-corrected chi connectivity index (χ3v) is 3.76. The maximum atomic E-state index is 3.74. The van der Waals surface area contributed by atoms with Gasteiger partial charge in [-0.25, -0.2) is 0 Å². The van der Waals surface area contributed by atoms with Crippen LogP contribution in [0.5, 0.6) is 0 Å². The van der Waals surface area contributed by atoms with E-state index in [1.165, 1.54) is 30.4 Å². The Morgan fingerprint density at radius 3 is 2.44 bits per heavy atom. The molecule has 0 aromatic heterocycles. The van der Waals surface area contributed by atoms with Crippen LogP contribution in [0.15, 0.2) is 24.3 Å². The van der Waals surface area contributed by atoms with Crippen LogP contribution >= 0.6 is 0 Å². The molecule has 0 aliphatic heterocycles. The zero-order chi connectivity index (χ0) is 11.5. The van der Waals surface area contributed by atoms with E-state index in [9.17, 15) is 0 Å². The molecule has 0 amide bonds. The summed E-state index contributed by atoms with van der Waals surface area (Å²) in [5.41, 5.74) is 2.75. The second-order valence-corrected chi connectivity index (χ2v) is 5.41. The summed E-state index contributed by atoms with van der Waals surface area (Å²) >= 11 is 0. The van der Waals surface area contributed by atoms with Crippen LogP contribution in [-0.2, 0) is 0 Å². The molecule has 88 valence electrons. The van der Waals surface area contributed by atoms with Crippen molar-refractivity contribution in [2.45, 2.75) is 52.1 Å². The van der Waals surface area contributed by atoms with Crippen LogP contribution in [0.3, 0.4) is 0 Å². The fourth-order valence-electron chi connectivity index (χ4n) is 2.66. The summed E-state index contributed by atoms with van der Waals surface area (Å²) in [4.78, 5) is 0. The first-order chi connectivity index (χ1) is 7.65. The number of benzene rings is 1. The minimum Gasteiger partial charge on any atom is -0.307 e. The van der Waals surface area contributed by atoms with Crippen molar-refractivity contribution in [1.82, 2.24) is 5.32 Å². The highest BCUT2D eigenvalue weighted by Crippen LogP contribution is 2.26. The van der Waals surface area contributed by atoms with E-state index in [1.54, 1.807) is 0 Å². The molecule has 3 unspecified atom stereocenters. The van der Waals surface area contributed by atoms with Gasteiger partial charge in [0.25, 0.3) is 0 Å². The standard InChI is InChI=1S/C15H23N/c1-11-4-7-14(8-5-11)13(3)16-15-9-6-12(2)10-15/h4-5,7-8,12-13,15-16H,6,9-10H2,1-3H3. The molecule has 1 heteroatoms. The van der Waals surface area contributed by atoms with E-state index < -0.39 is 0 Å². The molecular weight excluding hydrogens is 194 g/mol. The van der Waals surface area contributed by atoms with Gasteiger partial charge in [-0.3, -0.25) is 0 Å². The lowest BCUT2D eigenvalue weighted by atomic mass is 10.0. The average molecular weight is 217 g/mol. The number of nitrogens with one attached hydrogen (secondary N) is 1. The van der Waals surface area contributed by atoms with Crippen LogP contribution < -0.4 is 5.32 Å². The molecular formula is C15H23N. The Morgan fingerprint density at radius 1 is 1.19 bits per heavy atom. The Morgan fingerprint density at radius 2 is 1.88 bits per heavy atom. The maximum absolute atomic E-state index is 3.74. The molecule has 1 aliphatic carbocycles. The fraction of sp³-hybridized carbons (Fsp3) is 0.600. The highest BCUT2D eigenvalue weighted by molar-refractivity contribution is 5.23. The largest absolute Gasteiger partial charge is 0.307 e. The molecule has 1 nitrogen and oxygen atoms in total. The van der Waals surface area contributed by atoms with Gasteiger partial charge in [0.2, 0.25) is 0 Å². The van der Waals surface area contributed by atoms with Gasteiger partial charge in [-0.05, 0) is 44.6 Å². The zero-order valence-electron chi connectivity index (χ0n) is 10.7. The summed E-state index contributed by atoms with van der Waals surface area (Å²) in [6, 6.07) is 10.1. The summed E-state index contributed by atoms with van der Waals surface area (Å²) in [5, 5.41) is 3.74. The van der Waals surface area contributed by atoms with Gasteiger partial charge in [-0.15, -0.1) is 0 Å². The van der Waals surface area contributed by atoms with Crippen LogP contribution in [-0.4, -0.2) is 6.04 Å². The summed E-state index contributed by atoms with van der Waals surface area (Å²) in [6.07, 6.45) is 4.08. The zero-order valence-corrected chi connectivity index (χ0v) is 10.7. The van der Waals surface area contributed by atoms with Gasteiger partial charge in [0, 0.05) is 12.1 Å². The van der Waals surface area contributed by atoms with Crippen LogP contribution in [0.1, 0.15) is 50.3 Å². The van der Waals surface area contributed by atoms with E-state index in [1.807, 2.05) is 0 Å². The SMILES string of the molecule is Cc1ccc(C(C)NC2CCC(C)C2)cc1. The highest BCUT2D eigenvalue weighted by Gasteiger charge is 2.22. The molecule has 1 aliphatic rings. The van der Waals surface area contributed by atoms with Crippen molar-refractivity contribution >= 4 is 0 Å². The van der Waals surface area contributed by atoms with Gasteiger partial charge in [0.05, 0.1) is 0 Å². The second kappa shape index (κ2) is 5.01. The number of hydrogen-bond acceptors (Lipinski definition) is 1. The summed E-state index contributed by atoms with van der Waals surface area (Å²) in [6.45, 7) is 6.77. The first kappa shape index (κ1) is 11.7. The van der Waals surface area contributed by atoms with Crippen molar-refractivity contribution in [3.8, 4) is 0 Å². The Hall–Kier alpha value is -0.820. The lowest BCUT2D eigenvalue weighted by molar-refractivity contribution is 0.449. The Labute approximate surface area is 99.3 Å². The van der Waals surface area contributed by atoms with Gasteiger partial charge < -0.3 is 5.32 Å². The average Bonchev–Trinajstić information content (AvgIpc) is 2.65. The minimum atomic E-state index is 0.482. The van der Waals surface area contributed by atoms with Crippen LogP contribution in [0.25, 0.3) is 0 Å². The quantitative estimate of drug-likeness (QED) is 0.811. The third kappa shape index (κ3) is 2.85. The smallest absolute Gasteiger partial charge is 0.0294 e. The Kier molecular flexibility index (Phi) is 3.65. The highest BCUT2D eigenvalue weighted by atomic mass is 14.9. The topological polar surface area (TPSA) is 12.0 Å². The van der Waals surface area contributed by atoms with Crippen molar-refractivity contribution in [1.29, 1.82) is 0 Å². The molecule has 0 radical (unpaired) electrons. The van der Waals surface area contributed by atoms with Crippen LogP contribution in [0.2, 0.25) is 0 Å². The number of rotatable bonds is 3. The minimum absolute atomic E-state index is 0.482. The van der Waals surface area contributed by atoms with Gasteiger partial charge >= 0.3 is 0 Å². The molecule has 16 heavy (non-hydrogen) atoms. The molecule has 1 saturated carbocycles. The Balaban J connectivity index is 1.92. The predicted molar refractivity (Wildman–Crippen MR) is 69.5 cm³/mol. The second-order valence-electron chi connectivity index (χ2n) is 5.41. The number of hydrogen-bond donors (Lipinski definition) is 1. The van der Waals surface area contributed by atoms with Crippen molar-refractivity contribution in [2.24, 2.45) is 5.92 Å². The summed E-state index contributed by atoms with van der Waals surface area (Å²) < 4.78 is 0. The summed E-state index contributed by atoms with van der Waals surface area (Å²) in [5.74, 6) is 0.905. The van der Waals surface area contributed by atoms with E-state index in [-0.39, 0.29) is 0 Å². The molecule has 1 aromatic rings. The Bertz CT molecular complexity index is 328. The lowest BCUT2D eigenvalue weighted by Gasteiger charge is -2.20. The van der Waals surface area contributed by atoms with Crippen LogP contribution in [0, 0.1) is 12.8 Å². The van der Waals surface area contributed by atoms with E-state index in [2.05, 4.69) is 50.4 Å². The summed E-state index contributed by atoms with van der Waals surface area (Å²) in [7, 11) is 0. The van der Waals surface area contributed by atoms with Gasteiger partial charge in [0.1, 0.15) is 0 Å². The van der Waals surface area contributed by atoms with E-state index in [0.717, 1.165) is 12.0 Å². The number of aryl methyl sites for hydroxylation is 1. The molecule has 1 fully saturated rings. The predicted octanol–water partition coefficient (Wildman–Crippen LogP) is 3.83. The normalized spacial score (nSPS) is 26.9. The monoisotopic (exact) mass is 217 g/mol. The molecule has 0 saturated heterocycles. The third-order valence-electron chi connectivity index (χ3n) is 3.76. The molecule has 2 rings (SSSR count). The van der Waals surface area contributed by atoms with E-state index in [4.69, 9.17) is 0 Å². The molecule has 1 aromatic carbocycles. The molecule has 0 spiro atoms. The lowest BCUT2D eigenvalue weighted by Crippen LogP contribution is -2.29. The van der Waals surface area contributed by atoms with E-state index in [0.29, 0.717) is 6.04 Å². The van der Waals surface area contributed by atoms with Gasteiger partial charge in [0.15, 0.2) is 0 Å². The molecule has 1 N–H and O–H groups in total. The van der Waals surface area contributed by atoms with Crippen molar-refractivity contribution in [2.75, 3.05) is 0 Å². The first-order valence-electron chi connectivity index (χ1n) is 6.48. The first-order valence-corrected chi connectivity index (χ1v) is 6.48. The molecule has 3 atom stereocenters. The molecule has 0 bridgehead atoms.